The number of methoxy groups -OCH3 is 1. The Morgan fingerprint density at radius 3 is 2.59 bits per heavy atom. The van der Waals surface area contributed by atoms with E-state index in [0.29, 0.717) is 12.3 Å². The van der Waals surface area contributed by atoms with Gasteiger partial charge in [-0.15, -0.1) is 0 Å². The van der Waals surface area contributed by atoms with Crippen LogP contribution >= 0.6 is 15.9 Å². The Balaban J connectivity index is 2.19. The van der Waals surface area contributed by atoms with Crippen molar-refractivity contribution < 1.29 is 14.3 Å². The number of carbonyl (C=O) groups is 2. The van der Waals surface area contributed by atoms with Crippen molar-refractivity contribution in [1.82, 2.24) is 10.6 Å². The number of urea groups is 1. The minimum Gasteiger partial charge on any atom is -0.385 e. The summed E-state index contributed by atoms with van der Waals surface area (Å²) in [4.78, 5) is 23.3. The number of halogens is 1. The van der Waals surface area contributed by atoms with Crippen LogP contribution < -0.4 is 16.0 Å². The zero-order valence-corrected chi connectivity index (χ0v) is 14.4. The molecule has 122 valence electrons. The number of hydrogen-bond acceptors (Lipinski definition) is 3. The van der Waals surface area contributed by atoms with Gasteiger partial charge in [-0.05, 0) is 37.6 Å². The van der Waals surface area contributed by atoms with Crippen LogP contribution in [-0.2, 0) is 9.53 Å². The molecule has 3 N–H and O–H groups in total. The van der Waals surface area contributed by atoms with E-state index >= 15 is 0 Å². The highest BCUT2D eigenvalue weighted by Gasteiger charge is 2.08. The van der Waals surface area contributed by atoms with Crippen molar-refractivity contribution in [2.45, 2.75) is 25.8 Å². The third-order valence-corrected chi connectivity index (χ3v) is 3.43. The summed E-state index contributed by atoms with van der Waals surface area (Å²) in [6, 6.07) is 6.97. The molecular formula is C15H22BrN3O3. The van der Waals surface area contributed by atoms with Crippen molar-refractivity contribution in [3.8, 4) is 0 Å². The van der Waals surface area contributed by atoms with Gasteiger partial charge in [-0.2, -0.15) is 0 Å². The molecule has 1 unspecified atom stereocenters. The van der Waals surface area contributed by atoms with Gasteiger partial charge >= 0.3 is 6.03 Å². The molecule has 1 rings (SSSR count). The van der Waals surface area contributed by atoms with Crippen molar-refractivity contribution in [2.24, 2.45) is 0 Å². The number of carbonyl (C=O) groups excluding carboxylic acids is 2. The molecule has 1 aromatic carbocycles. The van der Waals surface area contributed by atoms with Crippen LogP contribution in [0.2, 0.25) is 0 Å². The standard InChI is InChI=1S/C15H22BrN3O3/c1-11(8-10-22-2)18-14(20)7-9-17-15(21)19-13-5-3-12(16)4-6-13/h3-6,11H,7-10H2,1-2H3,(H,18,20)(H2,17,19,21). The first kappa shape index (κ1) is 18.4. The molecule has 0 radical (unpaired) electrons. The number of hydrogen-bond donors (Lipinski definition) is 3. The summed E-state index contributed by atoms with van der Waals surface area (Å²) in [5.41, 5.74) is 0.693. The van der Waals surface area contributed by atoms with E-state index < -0.39 is 0 Å². The van der Waals surface area contributed by atoms with E-state index in [9.17, 15) is 9.59 Å². The number of anilines is 1. The maximum Gasteiger partial charge on any atom is 0.319 e. The molecule has 3 amide bonds. The van der Waals surface area contributed by atoms with E-state index in [1.54, 1.807) is 19.2 Å². The lowest BCUT2D eigenvalue weighted by Gasteiger charge is -2.13. The second kappa shape index (κ2) is 10.2. The van der Waals surface area contributed by atoms with Gasteiger partial charge in [0.15, 0.2) is 0 Å². The van der Waals surface area contributed by atoms with Gasteiger partial charge in [-0.3, -0.25) is 4.79 Å². The predicted molar refractivity (Wildman–Crippen MR) is 89.9 cm³/mol. The Morgan fingerprint density at radius 2 is 1.95 bits per heavy atom. The van der Waals surface area contributed by atoms with Crippen molar-refractivity contribution in [1.29, 1.82) is 0 Å². The van der Waals surface area contributed by atoms with Crippen LogP contribution in [0.4, 0.5) is 10.5 Å². The minimum atomic E-state index is -0.331. The van der Waals surface area contributed by atoms with Crippen LogP contribution in [0.1, 0.15) is 19.8 Å². The van der Waals surface area contributed by atoms with Crippen LogP contribution in [0.15, 0.2) is 28.7 Å². The Kier molecular flexibility index (Phi) is 8.54. The maximum atomic E-state index is 11.7. The molecule has 0 fully saturated rings. The molecule has 0 aliphatic heterocycles. The van der Waals surface area contributed by atoms with E-state index in [0.717, 1.165) is 10.9 Å². The summed E-state index contributed by atoms with van der Waals surface area (Å²) in [6.07, 6.45) is 1.00. The fraction of sp³-hybridized carbons (Fsp3) is 0.467. The fourth-order valence-corrected chi connectivity index (χ4v) is 1.98. The molecule has 0 aliphatic carbocycles. The lowest BCUT2D eigenvalue weighted by molar-refractivity contribution is -0.121. The number of benzene rings is 1. The van der Waals surface area contributed by atoms with Gasteiger partial charge in [0.05, 0.1) is 0 Å². The van der Waals surface area contributed by atoms with E-state index in [-0.39, 0.29) is 30.9 Å². The zero-order valence-electron chi connectivity index (χ0n) is 12.8. The average molecular weight is 372 g/mol. The molecule has 0 aromatic heterocycles. The number of amides is 3. The minimum absolute atomic E-state index is 0.0593. The van der Waals surface area contributed by atoms with Crippen LogP contribution in [0, 0.1) is 0 Å². The van der Waals surface area contributed by atoms with Crippen molar-refractivity contribution in [3.05, 3.63) is 28.7 Å². The van der Waals surface area contributed by atoms with Gasteiger partial charge in [0, 0.05) is 42.9 Å². The van der Waals surface area contributed by atoms with E-state index in [1.807, 2.05) is 19.1 Å². The SMILES string of the molecule is COCCC(C)NC(=O)CCNC(=O)Nc1ccc(Br)cc1. The molecule has 7 heteroatoms. The first-order chi connectivity index (χ1) is 10.5. The van der Waals surface area contributed by atoms with Gasteiger partial charge in [0.25, 0.3) is 0 Å². The van der Waals surface area contributed by atoms with Crippen molar-refractivity contribution in [3.63, 3.8) is 0 Å². The first-order valence-corrected chi connectivity index (χ1v) is 7.89. The topological polar surface area (TPSA) is 79.5 Å². The predicted octanol–water partition coefficient (Wildman–Crippen LogP) is 2.50. The molecule has 0 saturated carbocycles. The second-order valence-electron chi connectivity index (χ2n) is 4.89. The summed E-state index contributed by atoms with van der Waals surface area (Å²) in [7, 11) is 1.63. The molecular weight excluding hydrogens is 350 g/mol. The summed E-state index contributed by atoms with van der Waals surface area (Å²) in [5, 5.41) is 8.19. The summed E-state index contributed by atoms with van der Waals surface area (Å²) >= 11 is 3.32. The molecule has 1 atom stereocenters. The van der Waals surface area contributed by atoms with E-state index in [2.05, 4.69) is 31.9 Å². The van der Waals surface area contributed by atoms with Gasteiger partial charge in [0.1, 0.15) is 0 Å². The lowest BCUT2D eigenvalue weighted by Crippen LogP contribution is -2.37. The smallest absolute Gasteiger partial charge is 0.319 e. The Bertz CT molecular complexity index is 479. The average Bonchev–Trinajstić information content (AvgIpc) is 2.47. The highest BCUT2D eigenvalue weighted by atomic mass is 79.9. The lowest BCUT2D eigenvalue weighted by atomic mass is 10.2. The quantitative estimate of drug-likeness (QED) is 0.656. The number of ether oxygens (including phenoxy) is 1. The largest absolute Gasteiger partial charge is 0.385 e. The molecule has 0 aliphatic rings. The van der Waals surface area contributed by atoms with Crippen LogP contribution in [0.5, 0.6) is 0 Å². The number of nitrogens with one attached hydrogen (secondary N) is 3. The van der Waals surface area contributed by atoms with Gasteiger partial charge in [-0.1, -0.05) is 15.9 Å². The van der Waals surface area contributed by atoms with E-state index in [1.165, 1.54) is 0 Å². The normalized spacial score (nSPS) is 11.6. The molecule has 0 bridgehead atoms. The van der Waals surface area contributed by atoms with Crippen molar-refractivity contribution in [2.75, 3.05) is 25.6 Å². The van der Waals surface area contributed by atoms with Crippen LogP contribution in [0.3, 0.4) is 0 Å². The highest BCUT2D eigenvalue weighted by Crippen LogP contribution is 2.13. The Labute approximate surface area is 139 Å². The monoisotopic (exact) mass is 371 g/mol. The first-order valence-electron chi connectivity index (χ1n) is 7.10. The highest BCUT2D eigenvalue weighted by molar-refractivity contribution is 9.10. The molecule has 0 heterocycles. The van der Waals surface area contributed by atoms with Crippen LogP contribution in [-0.4, -0.2) is 38.2 Å². The third-order valence-electron chi connectivity index (χ3n) is 2.90. The molecule has 1 aromatic rings. The Hall–Kier alpha value is -1.60. The number of rotatable bonds is 8. The third kappa shape index (κ3) is 7.99. The summed E-state index contributed by atoms with van der Waals surface area (Å²) in [5.74, 6) is -0.0902. The fourth-order valence-electron chi connectivity index (χ4n) is 1.71. The molecule has 0 saturated heterocycles. The van der Waals surface area contributed by atoms with Gasteiger partial charge < -0.3 is 20.7 Å². The Morgan fingerprint density at radius 1 is 1.27 bits per heavy atom. The second-order valence-corrected chi connectivity index (χ2v) is 5.80. The van der Waals surface area contributed by atoms with Gasteiger partial charge in [0.2, 0.25) is 5.91 Å². The molecule has 6 nitrogen and oxygen atoms in total. The summed E-state index contributed by atoms with van der Waals surface area (Å²) in [6.45, 7) is 2.81. The zero-order chi connectivity index (χ0) is 16.4. The molecule has 0 spiro atoms. The van der Waals surface area contributed by atoms with Crippen molar-refractivity contribution >= 4 is 33.6 Å². The maximum absolute atomic E-state index is 11.7. The summed E-state index contributed by atoms with van der Waals surface area (Å²) < 4.78 is 5.89. The van der Waals surface area contributed by atoms with E-state index in [4.69, 9.17) is 4.74 Å². The van der Waals surface area contributed by atoms with Gasteiger partial charge in [-0.25, -0.2) is 4.79 Å². The molecule has 22 heavy (non-hydrogen) atoms. The van der Waals surface area contributed by atoms with Crippen LogP contribution in [0.25, 0.3) is 0 Å².